The Morgan fingerprint density at radius 1 is 1.04 bits per heavy atom. The average molecular weight is 326 g/mol. The highest BCUT2D eigenvalue weighted by Gasteiger charge is 2.30. The van der Waals surface area contributed by atoms with Crippen molar-refractivity contribution in [2.75, 3.05) is 5.32 Å². The molecule has 0 saturated heterocycles. The van der Waals surface area contributed by atoms with E-state index in [4.69, 9.17) is 4.74 Å². The lowest BCUT2D eigenvalue weighted by Crippen LogP contribution is -2.49. The van der Waals surface area contributed by atoms with E-state index in [0.29, 0.717) is 6.04 Å². The number of hydrogen-bond acceptors (Lipinski definition) is 4. The molecule has 0 aliphatic heterocycles. The number of rotatable bonds is 6. The summed E-state index contributed by atoms with van der Waals surface area (Å²) >= 11 is 0. The molecule has 0 unspecified atom stereocenters. The number of benzene rings is 2. The van der Waals surface area contributed by atoms with E-state index in [0.717, 1.165) is 29.7 Å². The molecule has 1 aliphatic carbocycles. The zero-order chi connectivity index (χ0) is 16.8. The quantitative estimate of drug-likeness (QED) is 0.763. The number of aliphatic hydroxyl groups is 1. The third-order valence-electron chi connectivity index (χ3n) is 4.22. The Labute approximate surface area is 141 Å². The maximum Gasteiger partial charge on any atom is 0.407 e. The topological polar surface area (TPSA) is 70.6 Å². The molecule has 0 bridgehead atoms. The molecule has 0 atom stereocenters. The summed E-state index contributed by atoms with van der Waals surface area (Å²) in [5.41, 5.74) is 2.81. The van der Waals surface area contributed by atoms with Gasteiger partial charge in [0.05, 0.1) is 6.61 Å². The molecule has 1 fully saturated rings. The molecule has 5 nitrogen and oxygen atoms in total. The SMILES string of the molecule is O=C(NC1CC(Nc2ccccc2CO)C1)OCc1ccccc1. The van der Waals surface area contributed by atoms with Gasteiger partial charge in [-0.15, -0.1) is 0 Å². The van der Waals surface area contributed by atoms with E-state index >= 15 is 0 Å². The molecular formula is C19H22N2O3. The molecule has 1 aliphatic rings. The summed E-state index contributed by atoms with van der Waals surface area (Å²) in [5.74, 6) is 0. The molecule has 1 amide bonds. The van der Waals surface area contributed by atoms with Crippen LogP contribution in [0.25, 0.3) is 0 Å². The number of carbonyl (C=O) groups is 1. The molecule has 0 aromatic heterocycles. The Hall–Kier alpha value is -2.53. The summed E-state index contributed by atoms with van der Waals surface area (Å²) in [6, 6.07) is 17.8. The predicted molar refractivity (Wildman–Crippen MR) is 92.6 cm³/mol. The molecule has 0 radical (unpaired) electrons. The fraction of sp³-hybridized carbons (Fsp3) is 0.316. The van der Waals surface area contributed by atoms with Gasteiger partial charge in [0.1, 0.15) is 6.61 Å². The van der Waals surface area contributed by atoms with Gasteiger partial charge in [-0.05, 0) is 24.5 Å². The number of aliphatic hydroxyl groups excluding tert-OH is 1. The molecule has 2 aromatic rings. The number of carbonyl (C=O) groups excluding carboxylic acids is 1. The fourth-order valence-electron chi connectivity index (χ4n) is 2.80. The maximum atomic E-state index is 11.8. The second-order valence-corrected chi connectivity index (χ2v) is 6.03. The van der Waals surface area contributed by atoms with Crippen molar-refractivity contribution in [1.82, 2.24) is 5.32 Å². The Morgan fingerprint density at radius 2 is 1.75 bits per heavy atom. The van der Waals surface area contributed by atoms with Crippen LogP contribution in [0.2, 0.25) is 0 Å². The monoisotopic (exact) mass is 326 g/mol. The molecule has 1 saturated carbocycles. The number of nitrogens with one attached hydrogen (secondary N) is 2. The Kier molecular flexibility index (Phi) is 5.33. The minimum Gasteiger partial charge on any atom is -0.445 e. The number of amides is 1. The third kappa shape index (κ3) is 4.26. The molecule has 3 rings (SSSR count). The summed E-state index contributed by atoms with van der Waals surface area (Å²) in [7, 11) is 0. The standard InChI is InChI=1S/C19H22N2O3/c22-12-15-8-4-5-9-18(15)20-16-10-17(11-16)21-19(23)24-13-14-6-2-1-3-7-14/h1-9,16-17,20,22H,10-13H2,(H,21,23). The van der Waals surface area contributed by atoms with Crippen LogP contribution in [0.4, 0.5) is 10.5 Å². The van der Waals surface area contributed by atoms with E-state index in [1.165, 1.54) is 0 Å². The van der Waals surface area contributed by atoms with Gasteiger partial charge in [-0.25, -0.2) is 4.79 Å². The van der Waals surface area contributed by atoms with E-state index in [9.17, 15) is 9.90 Å². The van der Waals surface area contributed by atoms with Crippen LogP contribution in [-0.4, -0.2) is 23.3 Å². The highest BCUT2D eigenvalue weighted by Crippen LogP contribution is 2.26. The summed E-state index contributed by atoms with van der Waals surface area (Å²) in [6.45, 7) is 0.300. The van der Waals surface area contributed by atoms with Crippen LogP contribution in [0.1, 0.15) is 24.0 Å². The van der Waals surface area contributed by atoms with E-state index in [2.05, 4.69) is 10.6 Å². The predicted octanol–water partition coefficient (Wildman–Crippen LogP) is 3.05. The molecule has 0 spiro atoms. The van der Waals surface area contributed by atoms with Crippen molar-refractivity contribution in [3.63, 3.8) is 0 Å². The first-order valence-electron chi connectivity index (χ1n) is 8.17. The Bertz CT molecular complexity index is 669. The van der Waals surface area contributed by atoms with Crippen LogP contribution >= 0.6 is 0 Å². The van der Waals surface area contributed by atoms with Crippen molar-refractivity contribution in [3.8, 4) is 0 Å². The lowest BCUT2D eigenvalue weighted by molar-refractivity contribution is 0.129. The van der Waals surface area contributed by atoms with Crippen molar-refractivity contribution >= 4 is 11.8 Å². The normalized spacial score (nSPS) is 19.2. The van der Waals surface area contributed by atoms with Crippen LogP contribution in [0.3, 0.4) is 0 Å². The average Bonchev–Trinajstić information content (AvgIpc) is 2.59. The lowest BCUT2D eigenvalue weighted by Gasteiger charge is -2.37. The van der Waals surface area contributed by atoms with Gasteiger partial charge in [-0.1, -0.05) is 48.5 Å². The number of anilines is 1. The van der Waals surface area contributed by atoms with Crippen molar-refractivity contribution < 1.29 is 14.6 Å². The summed E-state index contributed by atoms with van der Waals surface area (Å²) in [5, 5.41) is 15.6. The second-order valence-electron chi connectivity index (χ2n) is 6.03. The summed E-state index contributed by atoms with van der Waals surface area (Å²) in [4.78, 5) is 11.8. The maximum absolute atomic E-state index is 11.8. The van der Waals surface area contributed by atoms with Crippen molar-refractivity contribution in [3.05, 3.63) is 65.7 Å². The fourth-order valence-corrected chi connectivity index (χ4v) is 2.80. The molecule has 3 N–H and O–H groups in total. The van der Waals surface area contributed by atoms with Gasteiger partial charge in [0.25, 0.3) is 0 Å². The Morgan fingerprint density at radius 3 is 2.50 bits per heavy atom. The molecule has 5 heteroatoms. The summed E-state index contributed by atoms with van der Waals surface area (Å²) < 4.78 is 5.22. The minimum atomic E-state index is -0.377. The largest absolute Gasteiger partial charge is 0.445 e. The van der Waals surface area contributed by atoms with E-state index in [1.807, 2.05) is 54.6 Å². The molecular weight excluding hydrogens is 304 g/mol. The second kappa shape index (κ2) is 7.84. The smallest absolute Gasteiger partial charge is 0.407 e. The minimum absolute atomic E-state index is 0.0172. The first-order chi connectivity index (χ1) is 11.7. The summed E-state index contributed by atoms with van der Waals surface area (Å²) in [6.07, 6.45) is 1.32. The number of ether oxygens (including phenoxy) is 1. The van der Waals surface area contributed by atoms with Crippen LogP contribution in [0.15, 0.2) is 54.6 Å². The third-order valence-corrected chi connectivity index (χ3v) is 4.22. The number of hydrogen-bond donors (Lipinski definition) is 3. The van der Waals surface area contributed by atoms with Crippen molar-refractivity contribution in [2.24, 2.45) is 0 Å². The molecule has 0 heterocycles. The highest BCUT2D eigenvalue weighted by molar-refractivity contribution is 5.68. The van der Waals surface area contributed by atoms with Crippen molar-refractivity contribution in [2.45, 2.75) is 38.1 Å². The Balaban J connectivity index is 1.38. The van der Waals surface area contributed by atoms with E-state index < -0.39 is 0 Å². The van der Waals surface area contributed by atoms with Crippen LogP contribution < -0.4 is 10.6 Å². The van der Waals surface area contributed by atoms with Crippen molar-refractivity contribution in [1.29, 1.82) is 0 Å². The zero-order valence-corrected chi connectivity index (χ0v) is 13.4. The van der Waals surface area contributed by atoms with Gasteiger partial charge in [0.15, 0.2) is 0 Å². The molecule has 2 aromatic carbocycles. The van der Waals surface area contributed by atoms with E-state index in [-0.39, 0.29) is 25.3 Å². The van der Waals surface area contributed by atoms with Crippen LogP contribution in [0.5, 0.6) is 0 Å². The van der Waals surface area contributed by atoms with Gasteiger partial charge in [-0.3, -0.25) is 0 Å². The zero-order valence-electron chi connectivity index (χ0n) is 13.4. The van der Waals surface area contributed by atoms with E-state index in [1.54, 1.807) is 0 Å². The molecule has 24 heavy (non-hydrogen) atoms. The van der Waals surface area contributed by atoms with Crippen LogP contribution in [0, 0.1) is 0 Å². The van der Waals surface area contributed by atoms with Gasteiger partial charge >= 0.3 is 6.09 Å². The van der Waals surface area contributed by atoms with Gasteiger partial charge < -0.3 is 20.5 Å². The first kappa shape index (κ1) is 16.3. The van der Waals surface area contributed by atoms with Gasteiger partial charge in [0, 0.05) is 23.3 Å². The van der Waals surface area contributed by atoms with Gasteiger partial charge in [0.2, 0.25) is 0 Å². The number of para-hydroxylation sites is 1. The first-order valence-corrected chi connectivity index (χ1v) is 8.17. The molecule has 126 valence electrons. The lowest BCUT2D eigenvalue weighted by atomic mass is 9.86. The number of alkyl carbamates (subject to hydrolysis) is 1. The van der Waals surface area contributed by atoms with Gasteiger partial charge in [-0.2, -0.15) is 0 Å². The highest BCUT2D eigenvalue weighted by atomic mass is 16.5. The van der Waals surface area contributed by atoms with Crippen LogP contribution in [-0.2, 0) is 18.0 Å².